The molecule has 0 aliphatic heterocycles. The Bertz CT molecular complexity index is 1510. The van der Waals surface area contributed by atoms with E-state index in [4.69, 9.17) is 11.6 Å². The van der Waals surface area contributed by atoms with Crippen LogP contribution >= 0.6 is 11.6 Å². The molecular weight excluding hydrogens is 603 g/mol. The molecule has 0 heterocycles. The summed E-state index contributed by atoms with van der Waals surface area (Å²) in [5.41, 5.74) is -0.0151. The molecule has 2 amide bonds. The first-order valence-corrected chi connectivity index (χ1v) is 15.6. The first kappa shape index (κ1) is 33.9. The lowest BCUT2D eigenvalue weighted by Gasteiger charge is -2.34. The van der Waals surface area contributed by atoms with Gasteiger partial charge in [-0.2, -0.15) is 13.2 Å². The second kappa shape index (κ2) is 14.3. The Hall–Kier alpha value is -3.57. The predicted molar refractivity (Wildman–Crippen MR) is 161 cm³/mol. The molecule has 0 fully saturated rings. The number of sulfonamides is 1. The minimum absolute atomic E-state index is 0.0660. The highest BCUT2D eigenvalue weighted by Gasteiger charge is 2.36. The minimum Gasteiger partial charge on any atom is -0.352 e. The molecule has 3 aromatic carbocycles. The van der Waals surface area contributed by atoms with E-state index < -0.39 is 46.2 Å². The van der Waals surface area contributed by atoms with Crippen LogP contribution in [-0.4, -0.2) is 43.8 Å². The number of halogens is 4. The summed E-state index contributed by atoms with van der Waals surface area (Å²) in [6.45, 7) is 6.28. The van der Waals surface area contributed by atoms with E-state index in [9.17, 15) is 31.2 Å². The highest BCUT2D eigenvalue weighted by Crippen LogP contribution is 2.33. The molecule has 43 heavy (non-hydrogen) atoms. The van der Waals surface area contributed by atoms with Gasteiger partial charge in [-0.05, 0) is 74.7 Å². The molecule has 0 radical (unpaired) electrons. The molecule has 2 atom stereocenters. The summed E-state index contributed by atoms with van der Waals surface area (Å²) < 4.78 is 69.3. The Kier molecular flexibility index (Phi) is 11.3. The van der Waals surface area contributed by atoms with Crippen LogP contribution in [0.25, 0.3) is 0 Å². The second-order valence-corrected chi connectivity index (χ2v) is 12.6. The molecule has 3 rings (SSSR count). The van der Waals surface area contributed by atoms with Crippen molar-refractivity contribution in [2.75, 3.05) is 10.8 Å². The van der Waals surface area contributed by atoms with E-state index in [1.54, 1.807) is 50.2 Å². The van der Waals surface area contributed by atoms with Crippen molar-refractivity contribution in [3.05, 3.63) is 94.5 Å². The molecule has 0 aliphatic carbocycles. The number of rotatable bonds is 12. The number of nitrogens with one attached hydrogen (secondary N) is 1. The lowest BCUT2D eigenvalue weighted by atomic mass is 10.1. The first-order valence-electron chi connectivity index (χ1n) is 13.8. The molecule has 12 heteroatoms. The Balaban J connectivity index is 2.12. The van der Waals surface area contributed by atoms with Gasteiger partial charge < -0.3 is 10.2 Å². The van der Waals surface area contributed by atoms with E-state index >= 15 is 0 Å². The van der Waals surface area contributed by atoms with E-state index in [1.165, 1.54) is 23.1 Å². The Morgan fingerprint density at radius 3 is 2.14 bits per heavy atom. The molecular formula is C31H35ClF3N3O4S. The van der Waals surface area contributed by atoms with Crippen LogP contribution in [0.15, 0.2) is 77.7 Å². The normalized spacial score (nSPS) is 13.2. The maximum atomic E-state index is 14.1. The van der Waals surface area contributed by atoms with Crippen molar-refractivity contribution in [1.29, 1.82) is 0 Å². The van der Waals surface area contributed by atoms with E-state index in [2.05, 4.69) is 5.32 Å². The standard InChI is InChI=1S/C31H35ClF3N3O4S/c1-5-22(4)36-30(40)28(6-2)37(19-23-12-14-25(32)15-13-23)29(39)20-38(26-9-7-8-24(18-26)31(33,34)35)43(41,42)27-16-10-21(3)11-17-27/h7-18,22,28H,5-6,19-20H2,1-4H3,(H,36,40). The molecule has 3 aromatic rings. The predicted octanol–water partition coefficient (Wildman–Crippen LogP) is 6.58. The number of amides is 2. The Morgan fingerprint density at radius 2 is 1.58 bits per heavy atom. The average Bonchev–Trinajstić information content (AvgIpc) is 2.96. The van der Waals surface area contributed by atoms with Gasteiger partial charge in [0, 0.05) is 17.6 Å². The first-order chi connectivity index (χ1) is 20.2. The van der Waals surface area contributed by atoms with Gasteiger partial charge in [0.2, 0.25) is 11.8 Å². The highest BCUT2D eigenvalue weighted by molar-refractivity contribution is 7.92. The molecule has 0 saturated carbocycles. The van der Waals surface area contributed by atoms with Gasteiger partial charge in [-0.1, -0.05) is 61.3 Å². The zero-order valence-corrected chi connectivity index (χ0v) is 25.9. The number of hydrogen-bond donors (Lipinski definition) is 1. The largest absolute Gasteiger partial charge is 0.416 e. The number of carbonyl (C=O) groups is 2. The molecule has 7 nitrogen and oxygen atoms in total. The van der Waals surface area contributed by atoms with Crippen molar-refractivity contribution < 1.29 is 31.2 Å². The molecule has 2 unspecified atom stereocenters. The number of benzene rings is 3. The van der Waals surface area contributed by atoms with Gasteiger partial charge in [0.25, 0.3) is 10.0 Å². The Morgan fingerprint density at radius 1 is 0.953 bits per heavy atom. The summed E-state index contributed by atoms with van der Waals surface area (Å²) in [5, 5.41) is 3.33. The second-order valence-electron chi connectivity index (χ2n) is 10.3. The highest BCUT2D eigenvalue weighted by atomic mass is 35.5. The van der Waals surface area contributed by atoms with Gasteiger partial charge in [0.05, 0.1) is 16.1 Å². The van der Waals surface area contributed by atoms with Crippen LogP contribution in [0.3, 0.4) is 0 Å². The van der Waals surface area contributed by atoms with Crippen molar-refractivity contribution in [2.24, 2.45) is 0 Å². The van der Waals surface area contributed by atoms with Gasteiger partial charge in [0.1, 0.15) is 12.6 Å². The number of anilines is 1. The Labute approximate surface area is 255 Å². The topological polar surface area (TPSA) is 86.8 Å². The van der Waals surface area contributed by atoms with Crippen molar-refractivity contribution in [1.82, 2.24) is 10.2 Å². The number of nitrogens with zero attached hydrogens (tertiary/aromatic N) is 2. The van der Waals surface area contributed by atoms with Crippen LogP contribution in [0.1, 0.15) is 50.3 Å². The molecule has 0 aliphatic rings. The molecule has 1 N–H and O–H groups in total. The van der Waals surface area contributed by atoms with Crippen molar-refractivity contribution in [3.8, 4) is 0 Å². The van der Waals surface area contributed by atoms with E-state index in [0.29, 0.717) is 27.4 Å². The monoisotopic (exact) mass is 637 g/mol. The van der Waals surface area contributed by atoms with Crippen LogP contribution in [-0.2, 0) is 32.3 Å². The van der Waals surface area contributed by atoms with Gasteiger partial charge in [-0.25, -0.2) is 8.42 Å². The fraction of sp³-hybridized carbons (Fsp3) is 0.355. The summed E-state index contributed by atoms with van der Waals surface area (Å²) in [5.74, 6) is -1.19. The van der Waals surface area contributed by atoms with Crippen LogP contribution in [0.2, 0.25) is 5.02 Å². The summed E-state index contributed by atoms with van der Waals surface area (Å²) in [7, 11) is -4.52. The minimum atomic E-state index is -4.75. The lowest BCUT2D eigenvalue weighted by Crippen LogP contribution is -2.53. The van der Waals surface area contributed by atoms with Crippen LogP contribution in [0.4, 0.5) is 18.9 Å². The number of aryl methyl sites for hydroxylation is 1. The van der Waals surface area contributed by atoms with Crippen LogP contribution in [0.5, 0.6) is 0 Å². The summed E-state index contributed by atoms with van der Waals surface area (Å²) in [6.07, 6.45) is -3.90. The summed E-state index contributed by atoms with van der Waals surface area (Å²) in [4.78, 5) is 28.4. The zero-order valence-electron chi connectivity index (χ0n) is 24.4. The van der Waals surface area contributed by atoms with Crippen LogP contribution in [0, 0.1) is 6.92 Å². The number of hydrogen-bond acceptors (Lipinski definition) is 4. The molecule has 0 saturated heterocycles. The van der Waals surface area contributed by atoms with Gasteiger partial charge in [-0.3, -0.25) is 13.9 Å². The fourth-order valence-corrected chi connectivity index (χ4v) is 5.88. The summed E-state index contributed by atoms with van der Waals surface area (Å²) >= 11 is 6.03. The molecule has 0 aromatic heterocycles. The maximum Gasteiger partial charge on any atom is 0.416 e. The van der Waals surface area contributed by atoms with Gasteiger partial charge >= 0.3 is 6.18 Å². The quantitative estimate of drug-likeness (QED) is 0.243. The van der Waals surface area contributed by atoms with E-state index in [-0.39, 0.29) is 29.6 Å². The number of carbonyl (C=O) groups excluding carboxylic acids is 2. The zero-order chi connectivity index (χ0) is 31.9. The third kappa shape index (κ3) is 8.73. The van der Waals surface area contributed by atoms with Gasteiger partial charge in [0.15, 0.2) is 0 Å². The SMILES string of the molecule is CCC(C)NC(=O)C(CC)N(Cc1ccc(Cl)cc1)C(=O)CN(c1cccc(C(F)(F)F)c1)S(=O)(=O)c1ccc(C)cc1. The van der Waals surface area contributed by atoms with E-state index in [1.807, 2.05) is 13.8 Å². The fourth-order valence-electron chi connectivity index (χ4n) is 4.35. The van der Waals surface area contributed by atoms with Crippen molar-refractivity contribution in [2.45, 2.75) is 70.2 Å². The van der Waals surface area contributed by atoms with Crippen molar-refractivity contribution >= 4 is 39.1 Å². The third-order valence-electron chi connectivity index (χ3n) is 7.00. The smallest absolute Gasteiger partial charge is 0.352 e. The molecule has 0 bridgehead atoms. The van der Waals surface area contributed by atoms with Gasteiger partial charge in [-0.15, -0.1) is 0 Å². The van der Waals surface area contributed by atoms with Crippen molar-refractivity contribution in [3.63, 3.8) is 0 Å². The molecule has 232 valence electrons. The van der Waals surface area contributed by atoms with Crippen LogP contribution < -0.4 is 9.62 Å². The maximum absolute atomic E-state index is 14.1. The lowest BCUT2D eigenvalue weighted by molar-refractivity contribution is -0.140. The molecule has 0 spiro atoms. The third-order valence-corrected chi connectivity index (χ3v) is 9.04. The number of alkyl halides is 3. The summed E-state index contributed by atoms with van der Waals surface area (Å²) in [6, 6.07) is 15.0. The average molecular weight is 638 g/mol. The van der Waals surface area contributed by atoms with E-state index in [0.717, 1.165) is 17.7 Å².